The zero-order valence-corrected chi connectivity index (χ0v) is 15.4. The van der Waals surface area contributed by atoms with Crippen LogP contribution in [0.25, 0.3) is 0 Å². The highest BCUT2D eigenvalue weighted by atomic mass is 32.2. The summed E-state index contributed by atoms with van der Waals surface area (Å²) in [6.07, 6.45) is 2.38. The summed E-state index contributed by atoms with van der Waals surface area (Å²) in [5.41, 5.74) is 1.16. The summed E-state index contributed by atoms with van der Waals surface area (Å²) < 4.78 is 32.1. The third kappa shape index (κ3) is 4.62. The minimum Gasteiger partial charge on any atom is -0.377 e. The molecule has 1 unspecified atom stereocenters. The van der Waals surface area contributed by atoms with Crippen LogP contribution in [0.15, 0.2) is 47.4 Å². The lowest BCUT2D eigenvalue weighted by molar-refractivity contribution is 0.0781. The predicted octanol–water partition coefficient (Wildman–Crippen LogP) is 4.51. The van der Waals surface area contributed by atoms with Crippen LogP contribution in [0.4, 0.5) is 8.78 Å². The zero-order valence-electron chi connectivity index (χ0n) is 14.6. The van der Waals surface area contributed by atoms with Gasteiger partial charge in [-0.3, -0.25) is 4.79 Å². The molecule has 6 heteroatoms. The molecule has 138 valence electrons. The summed E-state index contributed by atoms with van der Waals surface area (Å²) in [6, 6.07) is 11.1. The number of nitrogens with zero attached hydrogens (tertiary/aromatic N) is 1. The van der Waals surface area contributed by atoms with Crippen molar-refractivity contribution in [3.63, 3.8) is 0 Å². The Morgan fingerprint density at radius 2 is 2.04 bits per heavy atom. The van der Waals surface area contributed by atoms with Crippen LogP contribution in [0.5, 0.6) is 0 Å². The van der Waals surface area contributed by atoms with Crippen LogP contribution < -0.4 is 0 Å². The maximum atomic E-state index is 13.4. The molecule has 0 bridgehead atoms. The van der Waals surface area contributed by atoms with Crippen molar-refractivity contribution in [2.45, 2.75) is 30.4 Å². The van der Waals surface area contributed by atoms with Gasteiger partial charge >= 0.3 is 0 Å². The van der Waals surface area contributed by atoms with Crippen LogP contribution in [0, 0.1) is 11.6 Å². The van der Waals surface area contributed by atoms with E-state index in [9.17, 15) is 13.6 Å². The van der Waals surface area contributed by atoms with Crippen LogP contribution in [-0.4, -0.2) is 36.3 Å². The molecule has 3 rings (SSSR count). The standard InChI is InChI=1S/C20H21F2NO2S/c1-23(12-14-8-9-17(21)18(22)11-14)20(24)16-6-2-3-7-19(16)26-13-15-5-4-10-25-15/h2-3,6-9,11,15H,4-5,10,12-13H2,1H3. The molecule has 2 aromatic carbocycles. The molecule has 0 saturated carbocycles. The number of ether oxygens (including phenoxy) is 1. The third-order valence-electron chi connectivity index (χ3n) is 4.32. The van der Waals surface area contributed by atoms with Crippen LogP contribution >= 0.6 is 11.8 Å². The number of benzene rings is 2. The van der Waals surface area contributed by atoms with Gasteiger partial charge in [0.2, 0.25) is 0 Å². The Balaban J connectivity index is 1.68. The number of hydrogen-bond donors (Lipinski definition) is 0. The molecule has 2 aromatic rings. The van der Waals surface area contributed by atoms with E-state index in [-0.39, 0.29) is 18.6 Å². The Morgan fingerprint density at radius 3 is 2.77 bits per heavy atom. The van der Waals surface area contributed by atoms with Crippen molar-refractivity contribution >= 4 is 17.7 Å². The van der Waals surface area contributed by atoms with Crippen LogP contribution in [0.1, 0.15) is 28.8 Å². The molecule has 26 heavy (non-hydrogen) atoms. The van der Waals surface area contributed by atoms with E-state index >= 15 is 0 Å². The minimum absolute atomic E-state index is 0.148. The van der Waals surface area contributed by atoms with E-state index < -0.39 is 11.6 Å². The molecule has 0 aliphatic carbocycles. The van der Waals surface area contributed by atoms with Gasteiger partial charge in [-0.15, -0.1) is 11.8 Å². The Hall–Kier alpha value is -1.92. The van der Waals surface area contributed by atoms with Crippen molar-refractivity contribution in [2.24, 2.45) is 0 Å². The molecule has 1 atom stereocenters. The highest BCUT2D eigenvalue weighted by Crippen LogP contribution is 2.27. The molecule has 1 aliphatic rings. The summed E-state index contributed by atoms with van der Waals surface area (Å²) in [6.45, 7) is 1.02. The summed E-state index contributed by atoms with van der Waals surface area (Å²) in [5.74, 6) is -1.13. The second-order valence-electron chi connectivity index (χ2n) is 6.35. The average Bonchev–Trinajstić information content (AvgIpc) is 3.16. The van der Waals surface area contributed by atoms with Crippen LogP contribution in [0.3, 0.4) is 0 Å². The molecule has 1 saturated heterocycles. The SMILES string of the molecule is CN(Cc1ccc(F)c(F)c1)C(=O)c1ccccc1SCC1CCCO1. The van der Waals surface area contributed by atoms with Gasteiger partial charge in [0, 0.05) is 30.8 Å². The van der Waals surface area contributed by atoms with Crippen molar-refractivity contribution in [3.05, 3.63) is 65.2 Å². The van der Waals surface area contributed by atoms with Crippen molar-refractivity contribution in [1.82, 2.24) is 4.90 Å². The molecule has 0 aromatic heterocycles. The number of rotatable bonds is 6. The number of thioether (sulfide) groups is 1. The molecule has 1 aliphatic heterocycles. The van der Waals surface area contributed by atoms with Gasteiger partial charge in [-0.2, -0.15) is 0 Å². The van der Waals surface area contributed by atoms with E-state index in [2.05, 4.69) is 0 Å². The fourth-order valence-electron chi connectivity index (χ4n) is 2.92. The molecule has 0 spiro atoms. The molecular weight excluding hydrogens is 356 g/mol. The Kier molecular flexibility index (Phi) is 6.27. The van der Waals surface area contributed by atoms with E-state index in [0.717, 1.165) is 42.2 Å². The first-order valence-corrected chi connectivity index (χ1v) is 9.56. The molecule has 3 nitrogen and oxygen atoms in total. The highest BCUT2D eigenvalue weighted by molar-refractivity contribution is 7.99. The first-order valence-electron chi connectivity index (χ1n) is 8.57. The van der Waals surface area contributed by atoms with Crippen molar-refractivity contribution in [3.8, 4) is 0 Å². The Labute approximate surface area is 156 Å². The van der Waals surface area contributed by atoms with Gasteiger partial charge in [0.05, 0.1) is 11.7 Å². The largest absolute Gasteiger partial charge is 0.377 e. The van der Waals surface area contributed by atoms with Crippen LogP contribution in [0.2, 0.25) is 0 Å². The van der Waals surface area contributed by atoms with E-state index in [4.69, 9.17) is 4.74 Å². The molecule has 1 amide bonds. The molecular formula is C20H21F2NO2S. The lowest BCUT2D eigenvalue weighted by Crippen LogP contribution is -2.26. The topological polar surface area (TPSA) is 29.5 Å². The summed E-state index contributed by atoms with van der Waals surface area (Å²) in [7, 11) is 1.66. The Bertz CT molecular complexity index is 778. The molecule has 1 heterocycles. The quantitative estimate of drug-likeness (QED) is 0.694. The van der Waals surface area contributed by atoms with E-state index in [1.807, 2.05) is 18.2 Å². The fraction of sp³-hybridized carbons (Fsp3) is 0.350. The van der Waals surface area contributed by atoms with E-state index in [1.165, 1.54) is 11.0 Å². The summed E-state index contributed by atoms with van der Waals surface area (Å²) >= 11 is 1.62. The smallest absolute Gasteiger partial charge is 0.255 e. The van der Waals surface area contributed by atoms with Gasteiger partial charge in [0.15, 0.2) is 11.6 Å². The van der Waals surface area contributed by atoms with E-state index in [1.54, 1.807) is 24.9 Å². The highest BCUT2D eigenvalue weighted by Gasteiger charge is 2.20. The Morgan fingerprint density at radius 1 is 1.23 bits per heavy atom. The zero-order chi connectivity index (χ0) is 18.5. The molecule has 1 fully saturated rings. The average molecular weight is 377 g/mol. The van der Waals surface area contributed by atoms with Gasteiger partial charge in [-0.05, 0) is 42.7 Å². The lowest BCUT2D eigenvalue weighted by atomic mass is 10.1. The van der Waals surface area contributed by atoms with E-state index in [0.29, 0.717) is 11.1 Å². The molecule has 0 radical (unpaired) electrons. The number of amides is 1. The normalized spacial score (nSPS) is 16.7. The second kappa shape index (κ2) is 8.64. The third-order valence-corrected chi connectivity index (χ3v) is 5.52. The second-order valence-corrected chi connectivity index (χ2v) is 7.41. The van der Waals surface area contributed by atoms with Crippen molar-refractivity contribution in [2.75, 3.05) is 19.4 Å². The summed E-state index contributed by atoms with van der Waals surface area (Å²) in [4.78, 5) is 15.3. The monoisotopic (exact) mass is 377 g/mol. The number of carbonyl (C=O) groups is 1. The first kappa shape index (κ1) is 18.9. The lowest BCUT2D eigenvalue weighted by Gasteiger charge is -2.19. The summed E-state index contributed by atoms with van der Waals surface area (Å²) in [5, 5.41) is 0. The fourth-order valence-corrected chi connectivity index (χ4v) is 4.03. The predicted molar refractivity (Wildman–Crippen MR) is 98.3 cm³/mol. The van der Waals surface area contributed by atoms with Crippen LogP contribution in [-0.2, 0) is 11.3 Å². The number of halogens is 2. The number of hydrogen-bond acceptors (Lipinski definition) is 3. The van der Waals surface area contributed by atoms with Gasteiger partial charge < -0.3 is 9.64 Å². The van der Waals surface area contributed by atoms with Crippen molar-refractivity contribution < 1.29 is 18.3 Å². The first-order chi connectivity index (χ1) is 12.5. The van der Waals surface area contributed by atoms with Crippen molar-refractivity contribution in [1.29, 1.82) is 0 Å². The van der Waals surface area contributed by atoms with Gasteiger partial charge in [0.25, 0.3) is 5.91 Å². The number of carbonyl (C=O) groups excluding carboxylic acids is 1. The minimum atomic E-state index is -0.907. The van der Waals surface area contributed by atoms with Gasteiger partial charge in [-0.25, -0.2) is 8.78 Å². The molecule has 0 N–H and O–H groups in total. The van der Waals surface area contributed by atoms with Gasteiger partial charge in [-0.1, -0.05) is 18.2 Å². The van der Waals surface area contributed by atoms with Gasteiger partial charge in [0.1, 0.15) is 0 Å². The maximum Gasteiger partial charge on any atom is 0.255 e. The maximum absolute atomic E-state index is 13.4.